The predicted octanol–water partition coefficient (Wildman–Crippen LogP) is 5.19. The van der Waals surface area contributed by atoms with Gasteiger partial charge in [0.05, 0.1) is 0 Å². The fourth-order valence-electron chi connectivity index (χ4n) is 2.92. The van der Waals surface area contributed by atoms with Gasteiger partial charge in [-0.3, -0.25) is 0 Å². The molecule has 0 radical (unpaired) electrons. The molecular weight excluding hydrogens is 254 g/mol. The van der Waals surface area contributed by atoms with E-state index in [1.165, 1.54) is 29.2 Å². The fraction of sp³-hybridized carbons (Fsp3) is 0.500. The summed E-state index contributed by atoms with van der Waals surface area (Å²) in [6.45, 7) is 10.1. The highest BCUT2D eigenvalue weighted by Gasteiger charge is 2.15. The highest BCUT2D eigenvalue weighted by Crippen LogP contribution is 2.23. The van der Waals surface area contributed by atoms with Gasteiger partial charge in [-0.1, -0.05) is 55.8 Å². The van der Waals surface area contributed by atoms with Crippen LogP contribution in [-0.2, 0) is 6.42 Å². The van der Waals surface area contributed by atoms with E-state index in [4.69, 9.17) is 0 Å². The van der Waals surface area contributed by atoms with Gasteiger partial charge >= 0.3 is 0 Å². The molecule has 0 aliphatic rings. The average Bonchev–Trinajstić information content (AvgIpc) is 2.44. The average molecular weight is 283 g/mol. The van der Waals surface area contributed by atoms with E-state index in [1.54, 1.807) is 0 Å². The van der Waals surface area contributed by atoms with Crippen LogP contribution in [-0.4, -0.2) is 12.1 Å². The van der Waals surface area contributed by atoms with E-state index in [1.807, 2.05) is 0 Å². The SMILES string of the molecule is CCCC(CNC(C)(C)C)Cc1cccc2ccccc12. The van der Waals surface area contributed by atoms with Crippen molar-refractivity contribution in [2.45, 2.75) is 52.5 Å². The number of hydrogen-bond donors (Lipinski definition) is 1. The van der Waals surface area contributed by atoms with Gasteiger partial charge in [-0.15, -0.1) is 0 Å². The van der Waals surface area contributed by atoms with Crippen LogP contribution in [0.3, 0.4) is 0 Å². The van der Waals surface area contributed by atoms with Gasteiger partial charge < -0.3 is 5.32 Å². The highest BCUT2D eigenvalue weighted by atomic mass is 14.9. The van der Waals surface area contributed by atoms with Crippen LogP contribution in [0, 0.1) is 5.92 Å². The second-order valence-corrected chi connectivity index (χ2v) is 7.13. The Kier molecular flexibility index (Phi) is 5.41. The molecule has 0 saturated carbocycles. The van der Waals surface area contributed by atoms with Crippen molar-refractivity contribution < 1.29 is 0 Å². The van der Waals surface area contributed by atoms with Crippen LogP contribution in [0.2, 0.25) is 0 Å². The summed E-state index contributed by atoms with van der Waals surface area (Å²) in [6.07, 6.45) is 3.70. The quantitative estimate of drug-likeness (QED) is 0.769. The van der Waals surface area contributed by atoms with E-state index < -0.39 is 0 Å². The molecule has 21 heavy (non-hydrogen) atoms. The molecular formula is C20H29N. The Bertz CT molecular complexity index is 560. The lowest BCUT2D eigenvalue weighted by molar-refractivity contribution is 0.355. The van der Waals surface area contributed by atoms with Crippen LogP contribution in [0.5, 0.6) is 0 Å². The number of fused-ring (bicyclic) bond motifs is 1. The fourth-order valence-corrected chi connectivity index (χ4v) is 2.92. The number of benzene rings is 2. The van der Waals surface area contributed by atoms with Crippen molar-refractivity contribution in [1.29, 1.82) is 0 Å². The minimum atomic E-state index is 0.199. The minimum Gasteiger partial charge on any atom is -0.312 e. The van der Waals surface area contributed by atoms with Crippen LogP contribution < -0.4 is 5.32 Å². The standard InChI is InChI=1S/C20H29N/c1-5-9-16(15-21-20(2,3)4)14-18-12-8-11-17-10-6-7-13-19(17)18/h6-8,10-13,16,21H,5,9,14-15H2,1-4H3. The summed E-state index contributed by atoms with van der Waals surface area (Å²) < 4.78 is 0. The zero-order valence-corrected chi connectivity index (χ0v) is 13.9. The summed E-state index contributed by atoms with van der Waals surface area (Å²) in [7, 11) is 0. The molecule has 2 rings (SSSR count). The summed E-state index contributed by atoms with van der Waals surface area (Å²) in [6, 6.07) is 15.4. The topological polar surface area (TPSA) is 12.0 Å². The van der Waals surface area contributed by atoms with Crippen molar-refractivity contribution in [3.63, 3.8) is 0 Å². The minimum absolute atomic E-state index is 0.199. The van der Waals surface area contributed by atoms with Crippen molar-refractivity contribution in [2.24, 2.45) is 5.92 Å². The third kappa shape index (κ3) is 4.86. The maximum absolute atomic E-state index is 3.68. The van der Waals surface area contributed by atoms with Crippen molar-refractivity contribution in [2.75, 3.05) is 6.54 Å². The molecule has 0 aromatic heterocycles. The van der Waals surface area contributed by atoms with Crippen LogP contribution in [0.15, 0.2) is 42.5 Å². The van der Waals surface area contributed by atoms with E-state index in [2.05, 4.69) is 75.5 Å². The number of nitrogens with one attached hydrogen (secondary N) is 1. The Morgan fingerprint density at radius 2 is 1.71 bits per heavy atom. The van der Waals surface area contributed by atoms with Gasteiger partial charge in [0.25, 0.3) is 0 Å². The van der Waals surface area contributed by atoms with Gasteiger partial charge in [-0.25, -0.2) is 0 Å². The van der Waals surface area contributed by atoms with Crippen LogP contribution in [0.1, 0.15) is 46.1 Å². The van der Waals surface area contributed by atoms with Crippen LogP contribution >= 0.6 is 0 Å². The monoisotopic (exact) mass is 283 g/mol. The van der Waals surface area contributed by atoms with Crippen LogP contribution in [0.4, 0.5) is 0 Å². The Labute approximate surface area is 129 Å². The Morgan fingerprint density at radius 3 is 2.43 bits per heavy atom. The molecule has 0 bridgehead atoms. The second kappa shape index (κ2) is 7.09. The Hall–Kier alpha value is -1.34. The molecule has 0 heterocycles. The summed E-state index contributed by atoms with van der Waals surface area (Å²) in [5, 5.41) is 6.44. The Balaban J connectivity index is 2.15. The zero-order valence-electron chi connectivity index (χ0n) is 13.9. The zero-order chi connectivity index (χ0) is 15.3. The molecule has 0 fully saturated rings. The van der Waals surface area contributed by atoms with Gasteiger partial charge in [0, 0.05) is 5.54 Å². The first-order chi connectivity index (χ1) is 9.99. The lowest BCUT2D eigenvalue weighted by atomic mass is 9.91. The van der Waals surface area contributed by atoms with E-state index in [0.717, 1.165) is 13.0 Å². The lowest BCUT2D eigenvalue weighted by Crippen LogP contribution is -2.39. The summed E-state index contributed by atoms with van der Waals surface area (Å²) in [5.41, 5.74) is 1.69. The maximum atomic E-state index is 3.68. The predicted molar refractivity (Wildman–Crippen MR) is 93.8 cm³/mol. The second-order valence-electron chi connectivity index (χ2n) is 7.13. The first-order valence-corrected chi connectivity index (χ1v) is 8.21. The first-order valence-electron chi connectivity index (χ1n) is 8.21. The van der Waals surface area contributed by atoms with Gasteiger partial charge in [0.1, 0.15) is 0 Å². The van der Waals surface area contributed by atoms with Crippen molar-refractivity contribution in [1.82, 2.24) is 5.32 Å². The molecule has 1 N–H and O–H groups in total. The molecule has 2 aromatic carbocycles. The third-order valence-electron chi connectivity index (χ3n) is 4.01. The molecule has 2 aromatic rings. The van der Waals surface area contributed by atoms with E-state index in [0.29, 0.717) is 5.92 Å². The molecule has 1 heteroatoms. The molecule has 1 atom stereocenters. The van der Waals surface area contributed by atoms with Crippen molar-refractivity contribution >= 4 is 10.8 Å². The normalized spacial score (nSPS) is 13.5. The maximum Gasteiger partial charge on any atom is 0.00966 e. The van der Waals surface area contributed by atoms with E-state index in [-0.39, 0.29) is 5.54 Å². The molecule has 114 valence electrons. The molecule has 1 nitrogen and oxygen atoms in total. The van der Waals surface area contributed by atoms with E-state index in [9.17, 15) is 0 Å². The molecule has 0 spiro atoms. The molecule has 0 amide bonds. The first kappa shape index (κ1) is 16.0. The smallest absolute Gasteiger partial charge is 0.00966 e. The molecule has 0 saturated heterocycles. The highest BCUT2D eigenvalue weighted by molar-refractivity contribution is 5.85. The van der Waals surface area contributed by atoms with Gasteiger partial charge in [-0.2, -0.15) is 0 Å². The van der Waals surface area contributed by atoms with Crippen molar-refractivity contribution in [3.05, 3.63) is 48.0 Å². The molecule has 0 aliphatic heterocycles. The number of hydrogen-bond acceptors (Lipinski definition) is 1. The number of rotatable bonds is 6. The van der Waals surface area contributed by atoms with Gasteiger partial charge in [-0.05, 0) is 62.4 Å². The lowest BCUT2D eigenvalue weighted by Gasteiger charge is -2.25. The van der Waals surface area contributed by atoms with Gasteiger partial charge in [0.15, 0.2) is 0 Å². The van der Waals surface area contributed by atoms with E-state index >= 15 is 0 Å². The summed E-state index contributed by atoms with van der Waals surface area (Å²) in [5.74, 6) is 0.708. The Morgan fingerprint density at radius 1 is 1.00 bits per heavy atom. The summed E-state index contributed by atoms with van der Waals surface area (Å²) in [4.78, 5) is 0. The largest absolute Gasteiger partial charge is 0.312 e. The van der Waals surface area contributed by atoms with Crippen molar-refractivity contribution in [3.8, 4) is 0 Å². The molecule has 0 aliphatic carbocycles. The van der Waals surface area contributed by atoms with Crippen LogP contribution in [0.25, 0.3) is 10.8 Å². The molecule has 1 unspecified atom stereocenters. The third-order valence-corrected chi connectivity index (χ3v) is 4.01. The van der Waals surface area contributed by atoms with Gasteiger partial charge in [0.2, 0.25) is 0 Å². The summed E-state index contributed by atoms with van der Waals surface area (Å²) >= 11 is 0.